The normalized spacial score (nSPS) is 36.8. The van der Waals surface area contributed by atoms with E-state index in [0.29, 0.717) is 6.04 Å². The van der Waals surface area contributed by atoms with E-state index in [-0.39, 0.29) is 6.10 Å². The molecule has 0 saturated heterocycles. The molecule has 0 amide bonds. The zero-order valence-corrected chi connectivity index (χ0v) is 8.21. The van der Waals surface area contributed by atoms with Crippen LogP contribution in [0, 0.1) is 5.92 Å². The van der Waals surface area contributed by atoms with Gasteiger partial charge < -0.3 is 10.4 Å². The number of aliphatic hydroxyl groups excluding tert-OH is 1. The van der Waals surface area contributed by atoms with Gasteiger partial charge in [-0.2, -0.15) is 0 Å². The summed E-state index contributed by atoms with van der Waals surface area (Å²) in [7, 11) is 0. The maximum Gasteiger partial charge on any atom is 0.0555 e. The molecule has 2 heteroatoms. The van der Waals surface area contributed by atoms with Crippen LogP contribution in [0.15, 0.2) is 0 Å². The smallest absolute Gasteiger partial charge is 0.0555 e. The van der Waals surface area contributed by atoms with Gasteiger partial charge in [0.2, 0.25) is 0 Å². The topological polar surface area (TPSA) is 32.3 Å². The molecule has 1 aliphatic rings. The lowest BCUT2D eigenvalue weighted by Gasteiger charge is -2.32. The van der Waals surface area contributed by atoms with E-state index in [2.05, 4.69) is 19.2 Å². The van der Waals surface area contributed by atoms with E-state index in [4.69, 9.17) is 0 Å². The van der Waals surface area contributed by atoms with Gasteiger partial charge in [-0.05, 0) is 38.1 Å². The van der Waals surface area contributed by atoms with E-state index in [1.54, 1.807) is 0 Å². The summed E-state index contributed by atoms with van der Waals surface area (Å²) in [6, 6.07) is 0.550. The van der Waals surface area contributed by atoms with Crippen molar-refractivity contribution in [1.29, 1.82) is 0 Å². The molecule has 3 atom stereocenters. The third-order valence-corrected chi connectivity index (χ3v) is 2.82. The first-order valence-electron chi connectivity index (χ1n) is 5.15. The minimum absolute atomic E-state index is 0.0597. The summed E-state index contributed by atoms with van der Waals surface area (Å²) in [6.45, 7) is 5.54. The summed E-state index contributed by atoms with van der Waals surface area (Å²) in [5, 5.41) is 12.9. The van der Waals surface area contributed by atoms with E-state index in [0.717, 1.165) is 25.3 Å². The van der Waals surface area contributed by atoms with Crippen molar-refractivity contribution in [3.63, 3.8) is 0 Å². The van der Waals surface area contributed by atoms with Crippen LogP contribution in [0.1, 0.15) is 39.5 Å². The molecule has 0 bridgehead atoms. The largest absolute Gasteiger partial charge is 0.393 e. The highest BCUT2D eigenvalue weighted by Gasteiger charge is 2.25. The molecular formula is C10H21NO. The summed E-state index contributed by atoms with van der Waals surface area (Å²) in [5.74, 6) is 0.736. The summed E-state index contributed by atoms with van der Waals surface area (Å²) >= 11 is 0. The third-order valence-electron chi connectivity index (χ3n) is 2.82. The van der Waals surface area contributed by atoms with Crippen LogP contribution in [-0.4, -0.2) is 23.8 Å². The maximum absolute atomic E-state index is 9.46. The Morgan fingerprint density at radius 2 is 2.17 bits per heavy atom. The van der Waals surface area contributed by atoms with Crippen molar-refractivity contribution in [3.05, 3.63) is 0 Å². The van der Waals surface area contributed by atoms with Gasteiger partial charge >= 0.3 is 0 Å². The number of hydrogen-bond acceptors (Lipinski definition) is 2. The predicted octanol–water partition coefficient (Wildman–Crippen LogP) is 1.54. The van der Waals surface area contributed by atoms with Crippen LogP contribution >= 0.6 is 0 Å². The molecule has 1 fully saturated rings. The van der Waals surface area contributed by atoms with Gasteiger partial charge in [0.15, 0.2) is 0 Å². The van der Waals surface area contributed by atoms with Crippen LogP contribution in [-0.2, 0) is 0 Å². The highest BCUT2D eigenvalue weighted by Crippen LogP contribution is 2.24. The van der Waals surface area contributed by atoms with Crippen molar-refractivity contribution in [1.82, 2.24) is 5.32 Å². The standard InChI is InChI=1S/C10H21NO/c1-3-6-11-10-7-9(12)5-4-8(10)2/h8-12H,3-7H2,1-2H3. The first kappa shape index (κ1) is 10.0. The van der Waals surface area contributed by atoms with Gasteiger partial charge in [0.25, 0.3) is 0 Å². The second-order valence-electron chi connectivity index (χ2n) is 4.00. The molecule has 0 aromatic carbocycles. The molecule has 2 N–H and O–H groups in total. The van der Waals surface area contributed by atoms with Crippen LogP contribution < -0.4 is 5.32 Å². The summed E-state index contributed by atoms with van der Waals surface area (Å²) in [4.78, 5) is 0. The quantitative estimate of drug-likeness (QED) is 0.675. The fraction of sp³-hybridized carbons (Fsp3) is 1.00. The number of rotatable bonds is 3. The molecule has 0 heterocycles. The van der Waals surface area contributed by atoms with Crippen LogP contribution in [0.4, 0.5) is 0 Å². The molecule has 12 heavy (non-hydrogen) atoms. The molecular weight excluding hydrogens is 150 g/mol. The van der Waals surface area contributed by atoms with E-state index in [9.17, 15) is 5.11 Å². The fourth-order valence-corrected chi connectivity index (χ4v) is 1.91. The highest BCUT2D eigenvalue weighted by atomic mass is 16.3. The van der Waals surface area contributed by atoms with E-state index >= 15 is 0 Å². The van der Waals surface area contributed by atoms with Crippen molar-refractivity contribution in [2.45, 2.75) is 51.7 Å². The Balaban J connectivity index is 2.28. The lowest BCUT2D eigenvalue weighted by Crippen LogP contribution is -2.41. The summed E-state index contributed by atoms with van der Waals surface area (Å²) in [5.41, 5.74) is 0. The van der Waals surface area contributed by atoms with Gasteiger partial charge in [-0.15, -0.1) is 0 Å². The van der Waals surface area contributed by atoms with Crippen LogP contribution in [0.2, 0.25) is 0 Å². The van der Waals surface area contributed by atoms with Gasteiger partial charge in [-0.3, -0.25) is 0 Å². The van der Waals surface area contributed by atoms with Crippen LogP contribution in [0.5, 0.6) is 0 Å². The number of nitrogens with one attached hydrogen (secondary N) is 1. The molecule has 0 aromatic heterocycles. The van der Waals surface area contributed by atoms with Crippen molar-refractivity contribution in [3.8, 4) is 0 Å². The minimum Gasteiger partial charge on any atom is -0.393 e. The summed E-state index contributed by atoms with van der Waals surface area (Å²) < 4.78 is 0. The van der Waals surface area contributed by atoms with Gasteiger partial charge in [-0.1, -0.05) is 13.8 Å². The average molecular weight is 171 g/mol. The van der Waals surface area contributed by atoms with Crippen molar-refractivity contribution in [2.75, 3.05) is 6.54 Å². The number of hydrogen-bond donors (Lipinski definition) is 2. The van der Waals surface area contributed by atoms with Crippen molar-refractivity contribution in [2.24, 2.45) is 5.92 Å². The molecule has 0 aromatic rings. The molecule has 1 aliphatic carbocycles. The zero-order chi connectivity index (χ0) is 8.97. The first-order chi connectivity index (χ1) is 5.74. The Kier molecular flexibility index (Phi) is 4.02. The average Bonchev–Trinajstić information content (AvgIpc) is 2.07. The van der Waals surface area contributed by atoms with Gasteiger partial charge in [0.05, 0.1) is 6.10 Å². The lowest BCUT2D eigenvalue weighted by molar-refractivity contribution is 0.0888. The lowest BCUT2D eigenvalue weighted by atomic mass is 9.84. The predicted molar refractivity (Wildman–Crippen MR) is 51.1 cm³/mol. The molecule has 0 radical (unpaired) electrons. The van der Waals surface area contributed by atoms with E-state index in [1.807, 2.05) is 0 Å². The maximum atomic E-state index is 9.46. The van der Waals surface area contributed by atoms with E-state index < -0.39 is 0 Å². The Labute approximate surface area is 75.4 Å². The molecule has 2 nitrogen and oxygen atoms in total. The SMILES string of the molecule is CCCNC1CC(O)CCC1C. The van der Waals surface area contributed by atoms with Crippen molar-refractivity contribution >= 4 is 0 Å². The Morgan fingerprint density at radius 1 is 1.42 bits per heavy atom. The second-order valence-corrected chi connectivity index (χ2v) is 4.00. The molecule has 72 valence electrons. The van der Waals surface area contributed by atoms with Gasteiger partial charge in [-0.25, -0.2) is 0 Å². The van der Waals surface area contributed by atoms with Gasteiger partial charge in [0, 0.05) is 6.04 Å². The Hall–Kier alpha value is -0.0800. The Bertz CT molecular complexity index is 127. The summed E-state index contributed by atoms with van der Waals surface area (Å²) in [6.07, 6.45) is 4.23. The molecule has 0 spiro atoms. The molecule has 1 rings (SSSR count). The van der Waals surface area contributed by atoms with Crippen molar-refractivity contribution < 1.29 is 5.11 Å². The fourth-order valence-electron chi connectivity index (χ4n) is 1.91. The first-order valence-corrected chi connectivity index (χ1v) is 5.15. The van der Waals surface area contributed by atoms with Crippen LogP contribution in [0.3, 0.4) is 0 Å². The second kappa shape index (κ2) is 4.83. The molecule has 3 unspecified atom stereocenters. The van der Waals surface area contributed by atoms with Gasteiger partial charge in [0.1, 0.15) is 0 Å². The van der Waals surface area contributed by atoms with Crippen LogP contribution in [0.25, 0.3) is 0 Å². The zero-order valence-electron chi connectivity index (χ0n) is 8.21. The Morgan fingerprint density at radius 3 is 2.83 bits per heavy atom. The minimum atomic E-state index is -0.0597. The number of aliphatic hydroxyl groups is 1. The molecule has 0 aliphatic heterocycles. The third kappa shape index (κ3) is 2.76. The highest BCUT2D eigenvalue weighted by molar-refractivity contribution is 4.82. The molecule has 1 saturated carbocycles. The van der Waals surface area contributed by atoms with E-state index in [1.165, 1.54) is 12.8 Å². The monoisotopic (exact) mass is 171 g/mol.